The van der Waals surface area contributed by atoms with E-state index >= 15 is 0 Å². The van der Waals surface area contributed by atoms with E-state index in [-0.39, 0.29) is 6.04 Å². The number of rotatable bonds is 8. The highest BCUT2D eigenvalue weighted by Crippen LogP contribution is 2.52. The topological polar surface area (TPSA) is 78.1 Å². The maximum absolute atomic E-state index is 6.93. The van der Waals surface area contributed by atoms with Gasteiger partial charge in [-0.15, -0.1) is 0 Å². The molecular weight excluding hydrogens is 450 g/mol. The average molecular weight is 498 g/mol. The van der Waals surface area contributed by atoms with Crippen LogP contribution < -0.4 is 17.2 Å². The first-order valence-electron chi connectivity index (χ1n) is 14.8. The van der Waals surface area contributed by atoms with E-state index in [1.165, 1.54) is 71.9 Å². The van der Waals surface area contributed by atoms with E-state index < -0.39 is 0 Å². The summed E-state index contributed by atoms with van der Waals surface area (Å²) < 4.78 is 0. The molecule has 1 aromatic rings. The highest BCUT2D eigenvalue weighted by atomic mass is 14.8. The normalized spacial score (nSPS) is 28.6. The number of allylic oxidation sites excluding steroid dienone is 8. The lowest BCUT2D eigenvalue weighted by Crippen LogP contribution is -2.35. The quantitative estimate of drug-likeness (QED) is 0.356. The molecule has 3 nitrogen and oxygen atoms in total. The largest absolute Gasteiger partial charge is 0.402 e. The van der Waals surface area contributed by atoms with Gasteiger partial charge >= 0.3 is 0 Å². The van der Waals surface area contributed by atoms with Crippen LogP contribution in [0.5, 0.6) is 0 Å². The van der Waals surface area contributed by atoms with Gasteiger partial charge in [0.05, 0.1) is 0 Å². The van der Waals surface area contributed by atoms with Crippen molar-refractivity contribution in [2.45, 2.75) is 90.5 Å². The molecule has 3 heteroatoms. The van der Waals surface area contributed by atoms with Gasteiger partial charge in [0.25, 0.3) is 0 Å². The van der Waals surface area contributed by atoms with Gasteiger partial charge < -0.3 is 17.2 Å². The number of aryl methyl sites for hydroxylation is 1. The van der Waals surface area contributed by atoms with E-state index in [1.807, 2.05) is 0 Å². The zero-order valence-electron chi connectivity index (χ0n) is 23.2. The first kappa shape index (κ1) is 26.1. The van der Waals surface area contributed by atoms with Crippen molar-refractivity contribution in [2.75, 3.05) is 0 Å². The summed E-state index contributed by atoms with van der Waals surface area (Å²) in [5.74, 6) is 2.69. The SMILES string of the molecule is CCCCc1ccc(C2C=CC(C3CC(N)=C(C4=CC(C(C)C)=C(N)C(N)C4)C(C4CC4)C3)=CC2)cc1. The molecule has 1 fully saturated rings. The smallest absolute Gasteiger partial charge is 0.0486 e. The molecule has 1 aromatic carbocycles. The lowest BCUT2D eigenvalue weighted by Gasteiger charge is -2.37. The van der Waals surface area contributed by atoms with Crippen LogP contribution >= 0.6 is 0 Å². The van der Waals surface area contributed by atoms with Crippen LogP contribution in [0.1, 0.15) is 89.2 Å². The molecule has 5 rings (SSSR count). The predicted molar refractivity (Wildman–Crippen MR) is 157 cm³/mol. The fourth-order valence-electron chi connectivity index (χ4n) is 6.82. The molecule has 4 aliphatic carbocycles. The van der Waals surface area contributed by atoms with Gasteiger partial charge in [-0.2, -0.15) is 0 Å². The second-order valence-corrected chi connectivity index (χ2v) is 12.3. The van der Waals surface area contributed by atoms with Crippen molar-refractivity contribution in [3.8, 4) is 0 Å². The first-order chi connectivity index (χ1) is 17.9. The third-order valence-electron chi connectivity index (χ3n) is 9.21. The van der Waals surface area contributed by atoms with Gasteiger partial charge in [0.1, 0.15) is 0 Å². The number of unbranched alkanes of at least 4 members (excludes halogenated alkanes) is 1. The Balaban J connectivity index is 1.32. The zero-order valence-corrected chi connectivity index (χ0v) is 23.2. The van der Waals surface area contributed by atoms with Crippen LogP contribution in [0.3, 0.4) is 0 Å². The van der Waals surface area contributed by atoms with Crippen molar-refractivity contribution in [1.29, 1.82) is 0 Å². The van der Waals surface area contributed by atoms with Crippen molar-refractivity contribution in [2.24, 2.45) is 40.9 Å². The Morgan fingerprint density at radius 2 is 1.78 bits per heavy atom. The second-order valence-electron chi connectivity index (χ2n) is 12.3. The Bertz CT molecular complexity index is 1140. The number of nitrogens with two attached hydrogens (primary N) is 3. The third-order valence-corrected chi connectivity index (χ3v) is 9.21. The van der Waals surface area contributed by atoms with Gasteiger partial charge in [0.15, 0.2) is 0 Å². The summed E-state index contributed by atoms with van der Waals surface area (Å²) in [6, 6.07) is 9.23. The molecule has 0 bridgehead atoms. The van der Waals surface area contributed by atoms with E-state index in [0.29, 0.717) is 23.7 Å². The van der Waals surface area contributed by atoms with E-state index in [0.717, 1.165) is 36.6 Å². The molecule has 0 spiro atoms. The maximum atomic E-state index is 6.93. The highest BCUT2D eigenvalue weighted by molar-refractivity contribution is 5.49. The standard InChI is InChI=1S/C34H47N3/c1-4-5-6-22-7-9-23(10-8-22)24-11-13-25(14-12-24)27-17-30(26-15-16-26)33(31(35)19-27)28-18-29(21(2)3)34(37)32(36)20-28/h7-11,13-14,18,21,24,26-27,30,32H,4-6,12,15-17,19-20,35-37H2,1-3H3. The Hall–Kier alpha value is -2.52. The monoisotopic (exact) mass is 497 g/mol. The molecule has 37 heavy (non-hydrogen) atoms. The molecule has 4 unspecified atom stereocenters. The molecule has 0 amide bonds. The third kappa shape index (κ3) is 5.67. The minimum absolute atomic E-state index is 0.100. The minimum Gasteiger partial charge on any atom is -0.402 e. The van der Waals surface area contributed by atoms with Gasteiger partial charge in [-0.25, -0.2) is 0 Å². The van der Waals surface area contributed by atoms with Crippen molar-refractivity contribution >= 4 is 0 Å². The molecule has 198 valence electrons. The van der Waals surface area contributed by atoms with E-state index in [2.05, 4.69) is 69.3 Å². The summed E-state index contributed by atoms with van der Waals surface area (Å²) in [6.45, 7) is 6.67. The average Bonchev–Trinajstić information content (AvgIpc) is 3.74. The van der Waals surface area contributed by atoms with Crippen LogP contribution in [0.2, 0.25) is 0 Å². The van der Waals surface area contributed by atoms with Crippen LogP contribution in [0, 0.1) is 23.7 Å². The van der Waals surface area contributed by atoms with Crippen molar-refractivity contribution < 1.29 is 0 Å². The summed E-state index contributed by atoms with van der Waals surface area (Å²) in [5, 5.41) is 0. The van der Waals surface area contributed by atoms with E-state index in [4.69, 9.17) is 17.2 Å². The Morgan fingerprint density at radius 1 is 1.03 bits per heavy atom. The van der Waals surface area contributed by atoms with Crippen LogP contribution in [-0.2, 0) is 6.42 Å². The van der Waals surface area contributed by atoms with Gasteiger partial charge in [-0.3, -0.25) is 0 Å². The van der Waals surface area contributed by atoms with E-state index in [9.17, 15) is 0 Å². The van der Waals surface area contributed by atoms with Gasteiger partial charge in [0.2, 0.25) is 0 Å². The first-order valence-corrected chi connectivity index (χ1v) is 14.8. The fourth-order valence-corrected chi connectivity index (χ4v) is 6.82. The molecule has 0 radical (unpaired) electrons. The molecule has 1 saturated carbocycles. The van der Waals surface area contributed by atoms with Gasteiger partial charge in [0, 0.05) is 23.4 Å². The van der Waals surface area contributed by atoms with Crippen LogP contribution in [0.4, 0.5) is 0 Å². The molecule has 0 aromatic heterocycles. The zero-order chi connectivity index (χ0) is 26.1. The lowest BCUT2D eigenvalue weighted by atomic mass is 9.69. The number of hydrogen-bond acceptors (Lipinski definition) is 3. The molecule has 0 aliphatic heterocycles. The second kappa shape index (κ2) is 11.1. The summed E-state index contributed by atoms with van der Waals surface area (Å²) in [5.41, 5.74) is 30.2. The van der Waals surface area contributed by atoms with E-state index in [1.54, 1.807) is 0 Å². The summed E-state index contributed by atoms with van der Waals surface area (Å²) >= 11 is 0. The molecule has 4 atom stereocenters. The predicted octanol–water partition coefficient (Wildman–Crippen LogP) is 7.17. The highest BCUT2D eigenvalue weighted by Gasteiger charge is 2.41. The van der Waals surface area contributed by atoms with Crippen LogP contribution in [0.25, 0.3) is 0 Å². The molecule has 4 aliphatic rings. The van der Waals surface area contributed by atoms with Crippen LogP contribution in [-0.4, -0.2) is 6.04 Å². The lowest BCUT2D eigenvalue weighted by molar-refractivity contribution is 0.380. The van der Waals surface area contributed by atoms with Crippen molar-refractivity contribution in [1.82, 2.24) is 0 Å². The Labute approximate surface area is 224 Å². The molecule has 0 saturated heterocycles. The fraction of sp³-hybridized carbons (Fsp3) is 0.529. The number of benzene rings is 1. The summed E-state index contributed by atoms with van der Waals surface area (Å²) in [7, 11) is 0. The Morgan fingerprint density at radius 3 is 2.41 bits per heavy atom. The molecule has 0 heterocycles. The maximum Gasteiger partial charge on any atom is 0.0486 e. The Kier molecular flexibility index (Phi) is 7.81. The van der Waals surface area contributed by atoms with Crippen LogP contribution in [0.15, 0.2) is 82.3 Å². The van der Waals surface area contributed by atoms with Gasteiger partial charge in [-0.1, -0.05) is 75.8 Å². The minimum atomic E-state index is -0.100. The van der Waals surface area contributed by atoms with Gasteiger partial charge in [-0.05, 0) is 108 Å². The number of hydrogen-bond donors (Lipinski definition) is 3. The van der Waals surface area contributed by atoms with Crippen molar-refractivity contribution in [3.05, 3.63) is 93.4 Å². The molecular formula is C34H47N3. The summed E-state index contributed by atoms with van der Waals surface area (Å²) in [6.07, 6.45) is 20.1. The summed E-state index contributed by atoms with van der Waals surface area (Å²) in [4.78, 5) is 0. The van der Waals surface area contributed by atoms with Crippen molar-refractivity contribution in [3.63, 3.8) is 0 Å². The molecule has 6 N–H and O–H groups in total.